The van der Waals surface area contributed by atoms with Crippen molar-refractivity contribution in [3.05, 3.63) is 44.8 Å². The zero-order valence-corrected chi connectivity index (χ0v) is 11.8. The Kier molecular flexibility index (Phi) is 3.52. The van der Waals surface area contributed by atoms with Crippen molar-refractivity contribution in [2.24, 2.45) is 0 Å². The Labute approximate surface area is 113 Å². The molecule has 0 radical (unpaired) electrons. The van der Waals surface area contributed by atoms with Gasteiger partial charge in [0.1, 0.15) is 10.3 Å². The van der Waals surface area contributed by atoms with Gasteiger partial charge in [-0.1, -0.05) is 26.0 Å². The topological polar surface area (TPSA) is 71.8 Å². The first-order valence-corrected chi connectivity index (χ1v) is 6.44. The van der Waals surface area contributed by atoms with Gasteiger partial charge in [0.15, 0.2) is 0 Å². The van der Waals surface area contributed by atoms with Crippen LogP contribution in [0.5, 0.6) is 0 Å². The van der Waals surface area contributed by atoms with Crippen molar-refractivity contribution >= 4 is 21.6 Å². The first kappa shape index (κ1) is 12.8. The highest BCUT2D eigenvalue weighted by Crippen LogP contribution is 2.23. The highest BCUT2D eigenvalue weighted by Gasteiger charge is 2.13. The number of nitrogen functional groups attached to an aromatic ring is 1. The van der Waals surface area contributed by atoms with Crippen LogP contribution in [0.2, 0.25) is 0 Å². The van der Waals surface area contributed by atoms with Crippen molar-refractivity contribution in [2.45, 2.75) is 19.8 Å². The van der Waals surface area contributed by atoms with E-state index in [4.69, 9.17) is 5.73 Å². The molecule has 5 heteroatoms. The third-order valence-corrected chi connectivity index (χ3v) is 3.36. The SMILES string of the molecule is CC(C)c1nc(-c2cccc(N)c2)[nH]c(=O)c1Br. The van der Waals surface area contributed by atoms with Gasteiger partial charge in [0.05, 0.1) is 5.69 Å². The predicted molar refractivity (Wildman–Crippen MR) is 76.5 cm³/mol. The van der Waals surface area contributed by atoms with Gasteiger partial charge in [-0.2, -0.15) is 0 Å². The minimum atomic E-state index is -0.175. The van der Waals surface area contributed by atoms with Gasteiger partial charge >= 0.3 is 0 Å². The molecule has 2 rings (SSSR count). The Hall–Kier alpha value is -1.62. The first-order valence-electron chi connectivity index (χ1n) is 5.64. The number of halogens is 1. The van der Waals surface area contributed by atoms with Crippen molar-refractivity contribution < 1.29 is 0 Å². The molecule has 94 valence electrons. The van der Waals surface area contributed by atoms with Gasteiger partial charge in [0.25, 0.3) is 5.56 Å². The number of hydrogen-bond acceptors (Lipinski definition) is 3. The summed E-state index contributed by atoms with van der Waals surface area (Å²) in [6.45, 7) is 3.99. The van der Waals surface area contributed by atoms with Crippen LogP contribution in [0.25, 0.3) is 11.4 Å². The average molecular weight is 308 g/mol. The van der Waals surface area contributed by atoms with E-state index >= 15 is 0 Å². The number of nitrogens with two attached hydrogens (primary N) is 1. The normalized spacial score (nSPS) is 10.9. The van der Waals surface area contributed by atoms with Gasteiger partial charge < -0.3 is 10.7 Å². The third-order valence-electron chi connectivity index (χ3n) is 2.60. The van der Waals surface area contributed by atoms with Crippen LogP contribution in [-0.2, 0) is 0 Å². The number of aromatic nitrogens is 2. The molecule has 0 aliphatic heterocycles. The van der Waals surface area contributed by atoms with Crippen LogP contribution in [0.15, 0.2) is 33.5 Å². The molecule has 0 saturated carbocycles. The Morgan fingerprint density at radius 1 is 1.39 bits per heavy atom. The molecule has 1 aromatic carbocycles. The number of hydrogen-bond donors (Lipinski definition) is 2. The zero-order chi connectivity index (χ0) is 13.3. The summed E-state index contributed by atoms with van der Waals surface area (Å²) in [5.74, 6) is 0.709. The molecule has 2 aromatic rings. The van der Waals surface area contributed by atoms with Crippen LogP contribution in [0.1, 0.15) is 25.5 Å². The van der Waals surface area contributed by atoms with E-state index in [1.54, 1.807) is 12.1 Å². The lowest BCUT2D eigenvalue weighted by Gasteiger charge is -2.09. The molecule has 0 saturated heterocycles. The summed E-state index contributed by atoms with van der Waals surface area (Å²) in [5.41, 5.74) is 7.75. The van der Waals surface area contributed by atoms with Gasteiger partial charge in [-0.3, -0.25) is 4.79 Å². The van der Waals surface area contributed by atoms with Crippen LogP contribution < -0.4 is 11.3 Å². The molecule has 1 aromatic heterocycles. The quantitative estimate of drug-likeness (QED) is 0.838. The van der Waals surface area contributed by atoms with Crippen LogP contribution in [-0.4, -0.2) is 9.97 Å². The molecular formula is C13H14BrN3O. The summed E-state index contributed by atoms with van der Waals surface area (Å²) in [4.78, 5) is 19.1. The number of aromatic amines is 1. The van der Waals surface area contributed by atoms with Crippen molar-refractivity contribution in [1.82, 2.24) is 9.97 Å². The molecule has 1 heterocycles. The van der Waals surface area contributed by atoms with E-state index in [1.165, 1.54) is 0 Å². The van der Waals surface area contributed by atoms with E-state index in [0.717, 1.165) is 11.3 Å². The fourth-order valence-electron chi connectivity index (χ4n) is 1.68. The lowest BCUT2D eigenvalue weighted by atomic mass is 10.1. The second-order valence-corrected chi connectivity index (χ2v) is 5.19. The molecule has 0 bridgehead atoms. The lowest BCUT2D eigenvalue weighted by Crippen LogP contribution is -2.14. The monoisotopic (exact) mass is 307 g/mol. The maximum atomic E-state index is 11.8. The molecule has 4 nitrogen and oxygen atoms in total. The Bertz CT molecular complexity index is 634. The van der Waals surface area contributed by atoms with Crippen molar-refractivity contribution in [3.8, 4) is 11.4 Å². The summed E-state index contributed by atoms with van der Waals surface area (Å²) in [6.07, 6.45) is 0. The summed E-state index contributed by atoms with van der Waals surface area (Å²) in [7, 11) is 0. The van der Waals surface area contributed by atoms with E-state index in [9.17, 15) is 4.79 Å². The summed E-state index contributed by atoms with van der Waals surface area (Å²) in [6, 6.07) is 7.29. The Morgan fingerprint density at radius 2 is 2.11 bits per heavy atom. The second-order valence-electron chi connectivity index (χ2n) is 4.39. The van der Waals surface area contributed by atoms with Crippen LogP contribution >= 0.6 is 15.9 Å². The van der Waals surface area contributed by atoms with Crippen molar-refractivity contribution in [2.75, 3.05) is 5.73 Å². The van der Waals surface area contributed by atoms with E-state index in [1.807, 2.05) is 26.0 Å². The van der Waals surface area contributed by atoms with Crippen LogP contribution in [0.3, 0.4) is 0 Å². The molecule has 0 aliphatic rings. The molecule has 0 amide bonds. The highest BCUT2D eigenvalue weighted by atomic mass is 79.9. The van der Waals surface area contributed by atoms with Crippen molar-refractivity contribution in [3.63, 3.8) is 0 Å². The number of anilines is 1. The molecule has 3 N–H and O–H groups in total. The molecule has 0 aliphatic carbocycles. The van der Waals surface area contributed by atoms with Gasteiger partial charge in [-0.15, -0.1) is 0 Å². The van der Waals surface area contributed by atoms with Crippen molar-refractivity contribution in [1.29, 1.82) is 0 Å². The summed E-state index contributed by atoms with van der Waals surface area (Å²) in [5, 5.41) is 0. The van der Waals surface area contributed by atoms with Gasteiger partial charge in [-0.25, -0.2) is 4.98 Å². The molecule has 0 atom stereocenters. The predicted octanol–water partition coefficient (Wildman–Crippen LogP) is 2.91. The first-order chi connectivity index (χ1) is 8.49. The molecule has 18 heavy (non-hydrogen) atoms. The fraction of sp³-hybridized carbons (Fsp3) is 0.231. The second kappa shape index (κ2) is 4.94. The van der Waals surface area contributed by atoms with E-state index in [0.29, 0.717) is 16.0 Å². The minimum absolute atomic E-state index is 0.168. The largest absolute Gasteiger partial charge is 0.399 e. The average Bonchev–Trinajstić information content (AvgIpc) is 2.32. The van der Waals surface area contributed by atoms with Crippen LogP contribution in [0.4, 0.5) is 5.69 Å². The number of nitrogens with zero attached hydrogens (tertiary/aromatic N) is 1. The summed E-state index contributed by atoms with van der Waals surface area (Å²) >= 11 is 3.27. The maximum absolute atomic E-state index is 11.8. The third kappa shape index (κ3) is 2.46. The van der Waals surface area contributed by atoms with E-state index in [2.05, 4.69) is 25.9 Å². The van der Waals surface area contributed by atoms with Crippen LogP contribution in [0, 0.1) is 0 Å². The number of nitrogens with one attached hydrogen (secondary N) is 1. The zero-order valence-electron chi connectivity index (χ0n) is 10.2. The molecule has 0 spiro atoms. The Morgan fingerprint density at radius 3 is 2.72 bits per heavy atom. The van der Waals surface area contributed by atoms with Gasteiger partial charge in [0.2, 0.25) is 0 Å². The van der Waals surface area contributed by atoms with E-state index in [-0.39, 0.29) is 11.5 Å². The number of rotatable bonds is 2. The number of H-pyrrole nitrogens is 1. The molecule has 0 unspecified atom stereocenters. The minimum Gasteiger partial charge on any atom is -0.399 e. The van der Waals surface area contributed by atoms with Gasteiger partial charge in [0, 0.05) is 11.3 Å². The smallest absolute Gasteiger partial charge is 0.265 e. The Balaban J connectivity index is 2.63. The lowest BCUT2D eigenvalue weighted by molar-refractivity contribution is 0.803. The van der Waals surface area contributed by atoms with Gasteiger partial charge in [-0.05, 0) is 34.0 Å². The number of benzene rings is 1. The highest BCUT2D eigenvalue weighted by molar-refractivity contribution is 9.10. The molecular weight excluding hydrogens is 294 g/mol. The van der Waals surface area contributed by atoms with E-state index < -0.39 is 0 Å². The summed E-state index contributed by atoms with van der Waals surface area (Å²) < 4.78 is 0.491. The fourth-order valence-corrected chi connectivity index (χ4v) is 2.33. The molecule has 0 fully saturated rings. The maximum Gasteiger partial charge on any atom is 0.265 e. The standard InChI is InChI=1S/C13H14BrN3O/c1-7(2)11-10(14)13(18)17-12(16-11)8-4-3-5-9(15)6-8/h3-7H,15H2,1-2H3,(H,16,17,18).